The number of fused-ring (bicyclic) bond motifs is 1. The molecule has 0 radical (unpaired) electrons. The molecule has 0 aliphatic heterocycles. The van der Waals surface area contributed by atoms with E-state index in [1.54, 1.807) is 6.20 Å². The second-order valence-electron chi connectivity index (χ2n) is 7.21. The molecule has 1 unspecified atom stereocenters. The maximum absolute atomic E-state index is 12.3. The van der Waals surface area contributed by atoms with Crippen LogP contribution in [0.25, 0.3) is 11.4 Å². The van der Waals surface area contributed by atoms with Gasteiger partial charge in [-0.15, -0.1) is 0 Å². The predicted octanol–water partition coefficient (Wildman–Crippen LogP) is 3.43. The van der Waals surface area contributed by atoms with Crippen LogP contribution in [0, 0.1) is 5.92 Å². The molecule has 4 rings (SSSR count). The van der Waals surface area contributed by atoms with Gasteiger partial charge in [0, 0.05) is 11.3 Å². The van der Waals surface area contributed by atoms with E-state index in [9.17, 15) is 4.79 Å². The minimum Gasteiger partial charge on any atom is -0.455 e. The predicted molar refractivity (Wildman–Crippen MR) is 97.7 cm³/mol. The lowest BCUT2D eigenvalue weighted by Crippen LogP contribution is -2.24. The van der Waals surface area contributed by atoms with E-state index in [4.69, 9.17) is 9.26 Å². The number of esters is 1. The fourth-order valence-corrected chi connectivity index (χ4v) is 3.32. The van der Waals surface area contributed by atoms with E-state index < -0.39 is 0 Å². The molecule has 0 spiro atoms. The van der Waals surface area contributed by atoms with Gasteiger partial charge in [-0.05, 0) is 36.3 Å². The second kappa shape index (κ2) is 7.34. The molecule has 0 saturated carbocycles. The van der Waals surface area contributed by atoms with Gasteiger partial charge >= 0.3 is 5.97 Å². The Balaban J connectivity index is 1.35. The zero-order valence-corrected chi connectivity index (χ0v) is 15.4. The number of H-pyrrole nitrogens is 1. The molecule has 1 aromatic carbocycles. The summed E-state index contributed by atoms with van der Waals surface area (Å²) in [6, 6.07) is 8.06. The van der Waals surface area contributed by atoms with Crippen LogP contribution in [0.1, 0.15) is 48.9 Å². The van der Waals surface area contributed by atoms with E-state index in [1.807, 2.05) is 12.1 Å². The highest BCUT2D eigenvalue weighted by molar-refractivity contribution is 5.73. The number of aromatic nitrogens is 4. The molecule has 7 heteroatoms. The fraction of sp³-hybridized carbons (Fsp3) is 0.400. The topological polar surface area (TPSA) is 93.9 Å². The van der Waals surface area contributed by atoms with Crippen molar-refractivity contribution in [1.82, 2.24) is 20.3 Å². The molecular weight excluding hydrogens is 344 g/mol. The molecule has 0 amide bonds. The summed E-state index contributed by atoms with van der Waals surface area (Å²) in [4.78, 5) is 16.7. The van der Waals surface area contributed by atoms with Gasteiger partial charge in [-0.3, -0.25) is 9.89 Å². The van der Waals surface area contributed by atoms with Crippen molar-refractivity contribution in [2.75, 3.05) is 0 Å². The van der Waals surface area contributed by atoms with Crippen molar-refractivity contribution in [3.05, 3.63) is 53.2 Å². The van der Waals surface area contributed by atoms with Crippen LogP contribution in [-0.4, -0.2) is 26.3 Å². The number of hydrogen-bond donors (Lipinski definition) is 1. The highest BCUT2D eigenvalue weighted by atomic mass is 16.6. The van der Waals surface area contributed by atoms with E-state index in [0.717, 1.165) is 29.7 Å². The average molecular weight is 366 g/mol. The largest absolute Gasteiger partial charge is 0.455 e. The molecule has 2 aromatic heterocycles. The average Bonchev–Trinajstić information content (AvgIpc) is 3.35. The minimum absolute atomic E-state index is 0.00927. The third kappa shape index (κ3) is 3.77. The van der Waals surface area contributed by atoms with E-state index in [0.29, 0.717) is 24.1 Å². The number of carbonyl (C=O) groups excluding carboxylic acids is 1. The summed E-state index contributed by atoms with van der Waals surface area (Å²) in [7, 11) is 0. The molecule has 1 aliphatic rings. The van der Waals surface area contributed by atoms with Gasteiger partial charge in [0.15, 0.2) is 6.61 Å². The van der Waals surface area contributed by atoms with Crippen molar-refractivity contribution in [3.8, 4) is 11.4 Å². The molecule has 1 N–H and O–H groups in total. The number of nitrogens with zero attached hydrogens (tertiary/aromatic N) is 3. The number of nitrogens with one attached hydrogen (secondary N) is 1. The third-order valence-corrected chi connectivity index (χ3v) is 4.99. The Bertz CT molecular complexity index is 927. The maximum Gasteiger partial charge on any atom is 0.309 e. The summed E-state index contributed by atoms with van der Waals surface area (Å²) in [5.41, 5.74) is 4.34. The van der Waals surface area contributed by atoms with Crippen molar-refractivity contribution in [2.45, 2.75) is 45.6 Å². The van der Waals surface area contributed by atoms with E-state index >= 15 is 0 Å². The summed E-state index contributed by atoms with van der Waals surface area (Å²) >= 11 is 0. The number of rotatable bonds is 5. The first-order chi connectivity index (χ1) is 13.1. The summed E-state index contributed by atoms with van der Waals surface area (Å²) in [6.07, 6.45) is 4.00. The van der Waals surface area contributed by atoms with Crippen LogP contribution in [-0.2, 0) is 29.0 Å². The number of hydrogen-bond acceptors (Lipinski definition) is 6. The van der Waals surface area contributed by atoms with Crippen LogP contribution in [0.4, 0.5) is 0 Å². The van der Waals surface area contributed by atoms with Gasteiger partial charge in [0.1, 0.15) is 0 Å². The zero-order chi connectivity index (χ0) is 18.8. The third-order valence-electron chi connectivity index (χ3n) is 4.99. The van der Waals surface area contributed by atoms with Gasteiger partial charge in [0.05, 0.1) is 12.1 Å². The van der Waals surface area contributed by atoms with Gasteiger partial charge in [-0.25, -0.2) is 0 Å². The Labute approximate surface area is 157 Å². The molecule has 0 saturated heterocycles. The lowest BCUT2D eigenvalue weighted by molar-refractivity contribution is -0.151. The van der Waals surface area contributed by atoms with Crippen LogP contribution in [0.2, 0.25) is 0 Å². The normalized spacial score (nSPS) is 16.3. The minimum atomic E-state index is -0.233. The van der Waals surface area contributed by atoms with E-state index in [2.05, 4.69) is 46.3 Å². The maximum atomic E-state index is 12.3. The summed E-state index contributed by atoms with van der Waals surface area (Å²) in [5.74, 6) is 0.879. The molecule has 140 valence electrons. The SMILES string of the molecule is CC(C)c1ccc(-c2noc(COC(=O)C3CCc4[nH]ncc4C3)n2)cc1. The summed E-state index contributed by atoms with van der Waals surface area (Å²) in [6.45, 7) is 4.29. The van der Waals surface area contributed by atoms with Crippen molar-refractivity contribution in [3.63, 3.8) is 0 Å². The number of ether oxygens (including phenoxy) is 1. The smallest absolute Gasteiger partial charge is 0.309 e. The molecule has 7 nitrogen and oxygen atoms in total. The first-order valence-electron chi connectivity index (χ1n) is 9.21. The van der Waals surface area contributed by atoms with Crippen LogP contribution >= 0.6 is 0 Å². The first kappa shape index (κ1) is 17.5. The standard InChI is InChI=1S/C20H22N4O3/c1-12(2)13-3-5-14(6-4-13)19-22-18(27-24-19)11-26-20(25)15-7-8-17-16(9-15)10-21-23-17/h3-6,10,12,15H,7-9,11H2,1-2H3,(H,21,23). The summed E-state index contributed by atoms with van der Waals surface area (Å²) in [5, 5.41) is 11.0. The van der Waals surface area contributed by atoms with Crippen LogP contribution in [0.3, 0.4) is 0 Å². The Morgan fingerprint density at radius 2 is 2.15 bits per heavy atom. The van der Waals surface area contributed by atoms with Gasteiger partial charge in [-0.1, -0.05) is 43.3 Å². The van der Waals surface area contributed by atoms with E-state index in [-0.39, 0.29) is 18.5 Å². The van der Waals surface area contributed by atoms with Crippen molar-refractivity contribution in [2.24, 2.45) is 5.92 Å². The second-order valence-corrected chi connectivity index (χ2v) is 7.21. The van der Waals surface area contributed by atoms with Gasteiger partial charge < -0.3 is 9.26 Å². The van der Waals surface area contributed by atoms with Gasteiger partial charge in [0.25, 0.3) is 5.89 Å². The van der Waals surface area contributed by atoms with Crippen molar-refractivity contribution in [1.29, 1.82) is 0 Å². The fourth-order valence-electron chi connectivity index (χ4n) is 3.32. The van der Waals surface area contributed by atoms with Crippen molar-refractivity contribution >= 4 is 5.97 Å². The first-order valence-corrected chi connectivity index (χ1v) is 9.21. The monoisotopic (exact) mass is 366 g/mol. The molecular formula is C20H22N4O3. The van der Waals surface area contributed by atoms with Crippen LogP contribution in [0.5, 0.6) is 0 Å². The number of aryl methyl sites for hydroxylation is 1. The van der Waals surface area contributed by atoms with Crippen molar-refractivity contribution < 1.29 is 14.1 Å². The number of benzene rings is 1. The molecule has 1 atom stereocenters. The lowest BCUT2D eigenvalue weighted by Gasteiger charge is -2.19. The zero-order valence-electron chi connectivity index (χ0n) is 15.4. The molecule has 27 heavy (non-hydrogen) atoms. The quantitative estimate of drug-likeness (QED) is 0.695. The molecule has 1 aliphatic carbocycles. The lowest BCUT2D eigenvalue weighted by atomic mass is 9.88. The van der Waals surface area contributed by atoms with Crippen LogP contribution in [0.15, 0.2) is 35.0 Å². The Morgan fingerprint density at radius 3 is 2.93 bits per heavy atom. The van der Waals surface area contributed by atoms with Gasteiger partial charge in [-0.2, -0.15) is 10.1 Å². The molecule has 0 fully saturated rings. The molecule has 2 heterocycles. The molecule has 0 bridgehead atoms. The van der Waals surface area contributed by atoms with E-state index in [1.165, 1.54) is 5.56 Å². The Kier molecular flexibility index (Phi) is 4.75. The highest BCUT2D eigenvalue weighted by Crippen LogP contribution is 2.25. The Hall–Kier alpha value is -2.96. The Morgan fingerprint density at radius 1 is 1.33 bits per heavy atom. The number of carbonyl (C=O) groups is 1. The van der Waals surface area contributed by atoms with Gasteiger partial charge in [0.2, 0.25) is 5.82 Å². The highest BCUT2D eigenvalue weighted by Gasteiger charge is 2.27. The summed E-state index contributed by atoms with van der Waals surface area (Å²) < 4.78 is 10.6. The molecule has 3 aromatic rings. The number of aromatic amines is 1. The van der Waals surface area contributed by atoms with Crippen LogP contribution < -0.4 is 0 Å².